The van der Waals surface area contributed by atoms with Gasteiger partial charge >= 0.3 is 5.92 Å². The lowest BCUT2D eigenvalue weighted by atomic mass is 9.92. The Morgan fingerprint density at radius 1 is 1.19 bits per heavy atom. The van der Waals surface area contributed by atoms with Gasteiger partial charge in [0.2, 0.25) is 0 Å². The summed E-state index contributed by atoms with van der Waals surface area (Å²) in [5, 5.41) is 11.6. The number of carbonyl (C=O) groups is 2. The van der Waals surface area contributed by atoms with Crippen molar-refractivity contribution < 1.29 is 36.6 Å². The Hall–Kier alpha value is -2.72. The molecule has 0 aliphatic carbocycles. The smallest absolute Gasteiger partial charge is 0.352 e. The lowest BCUT2D eigenvalue weighted by Gasteiger charge is -2.39. The molecule has 11 heteroatoms. The number of rotatable bonds is 4. The Morgan fingerprint density at radius 2 is 1.84 bits per heavy atom. The summed E-state index contributed by atoms with van der Waals surface area (Å²) in [5.41, 5.74) is -4.01. The number of carbonyl (C=O) groups excluding carboxylic acids is 2. The Labute approximate surface area is 184 Å². The summed E-state index contributed by atoms with van der Waals surface area (Å²) in [4.78, 5) is 25.3. The maximum absolute atomic E-state index is 14.9. The van der Waals surface area contributed by atoms with Gasteiger partial charge in [-0.2, -0.15) is 8.78 Å². The van der Waals surface area contributed by atoms with Crippen LogP contribution in [0.3, 0.4) is 0 Å². The van der Waals surface area contributed by atoms with Gasteiger partial charge in [-0.05, 0) is 49.7 Å². The molecule has 2 amide bonds. The fraction of sp³-hybridized carbons (Fsp3) is 0.333. The zero-order valence-electron chi connectivity index (χ0n) is 16.6. The van der Waals surface area contributed by atoms with Crippen molar-refractivity contribution in [3.05, 3.63) is 64.2 Å². The molecule has 172 valence electrons. The molecule has 0 aromatic heterocycles. The van der Waals surface area contributed by atoms with Crippen molar-refractivity contribution in [1.82, 2.24) is 4.90 Å². The molecule has 5 nitrogen and oxygen atoms in total. The van der Waals surface area contributed by atoms with E-state index in [0.29, 0.717) is 17.0 Å². The van der Waals surface area contributed by atoms with E-state index in [1.165, 1.54) is 6.07 Å². The first-order chi connectivity index (χ1) is 14.8. The molecule has 0 bridgehead atoms. The van der Waals surface area contributed by atoms with Crippen LogP contribution in [0.4, 0.5) is 27.6 Å². The van der Waals surface area contributed by atoms with Crippen molar-refractivity contribution in [2.75, 3.05) is 18.4 Å². The molecule has 32 heavy (non-hydrogen) atoms. The summed E-state index contributed by atoms with van der Waals surface area (Å²) >= 11 is 5.63. The number of amides is 2. The number of hydrogen-bond donors (Lipinski definition) is 2. The average Bonchev–Trinajstić information content (AvgIpc) is 2.72. The van der Waals surface area contributed by atoms with Crippen molar-refractivity contribution in [2.24, 2.45) is 0 Å². The third kappa shape index (κ3) is 4.71. The highest BCUT2D eigenvalue weighted by Gasteiger charge is 2.50. The van der Waals surface area contributed by atoms with Gasteiger partial charge in [0.1, 0.15) is 11.6 Å². The van der Waals surface area contributed by atoms with Crippen molar-refractivity contribution in [3.8, 4) is 0 Å². The zero-order chi connectivity index (χ0) is 23.8. The largest absolute Gasteiger partial charge is 0.390 e. The summed E-state index contributed by atoms with van der Waals surface area (Å²) in [6.45, 7) is -0.166. The number of nitrogens with one attached hydrogen (secondary N) is 1. The molecule has 0 radical (unpaired) electrons. The summed E-state index contributed by atoms with van der Waals surface area (Å²) < 4.78 is 71.6. The van der Waals surface area contributed by atoms with E-state index < -0.39 is 58.8 Å². The number of aliphatic hydroxyl groups is 1. The molecule has 2 atom stereocenters. The second-order valence-corrected chi connectivity index (χ2v) is 8.07. The molecule has 1 aliphatic heterocycles. The van der Waals surface area contributed by atoms with Crippen LogP contribution in [-0.2, 0) is 10.7 Å². The first-order valence-corrected chi connectivity index (χ1v) is 9.81. The third-order valence-electron chi connectivity index (χ3n) is 5.17. The molecule has 2 unspecified atom stereocenters. The second kappa shape index (κ2) is 8.67. The van der Waals surface area contributed by atoms with Crippen molar-refractivity contribution in [3.63, 3.8) is 0 Å². The minimum absolute atomic E-state index is 0.0595. The molecule has 2 aromatic rings. The number of nitrogens with zero attached hydrogens (tertiary/aromatic N) is 1. The topological polar surface area (TPSA) is 69.6 Å². The summed E-state index contributed by atoms with van der Waals surface area (Å²) in [5.74, 6) is -9.37. The monoisotopic (exact) mass is 476 g/mol. The van der Waals surface area contributed by atoms with Crippen LogP contribution in [0.2, 0.25) is 5.02 Å². The molecule has 2 N–H and O–H groups in total. The van der Waals surface area contributed by atoms with Crippen LogP contribution in [0.5, 0.6) is 0 Å². The number of halogens is 6. The molecule has 0 saturated carbocycles. The van der Waals surface area contributed by atoms with E-state index in [1.807, 2.05) is 0 Å². The molecular weight excluding hydrogens is 459 g/mol. The van der Waals surface area contributed by atoms with E-state index in [0.717, 1.165) is 25.1 Å². The fourth-order valence-electron chi connectivity index (χ4n) is 3.31. The quantitative estimate of drug-likeness (QED) is 0.647. The summed E-state index contributed by atoms with van der Waals surface area (Å²) in [6.07, 6.45) is -1.69. The van der Waals surface area contributed by atoms with Crippen LogP contribution in [0.15, 0.2) is 36.4 Å². The molecule has 2 aromatic carbocycles. The van der Waals surface area contributed by atoms with Gasteiger partial charge in [0.15, 0.2) is 5.67 Å². The van der Waals surface area contributed by atoms with Gasteiger partial charge in [0.25, 0.3) is 11.8 Å². The van der Waals surface area contributed by atoms with Crippen LogP contribution < -0.4 is 5.32 Å². The number of aliphatic hydroxyl groups excluding tert-OH is 1. The highest BCUT2D eigenvalue weighted by Crippen LogP contribution is 2.35. The van der Waals surface area contributed by atoms with Gasteiger partial charge < -0.3 is 15.3 Å². The summed E-state index contributed by atoms with van der Waals surface area (Å²) in [7, 11) is 0. The third-order valence-corrected chi connectivity index (χ3v) is 5.46. The molecule has 3 rings (SSSR count). The predicted octanol–water partition coefficient (Wildman–Crippen LogP) is 4.28. The number of alkyl halides is 3. The van der Waals surface area contributed by atoms with Gasteiger partial charge in [-0.3, -0.25) is 9.59 Å². The predicted molar refractivity (Wildman–Crippen MR) is 106 cm³/mol. The number of likely N-dealkylation sites (tertiary alicyclic amines) is 1. The average molecular weight is 477 g/mol. The Bertz CT molecular complexity index is 1060. The van der Waals surface area contributed by atoms with E-state index in [9.17, 15) is 36.6 Å². The first-order valence-electron chi connectivity index (χ1n) is 9.43. The van der Waals surface area contributed by atoms with E-state index in [4.69, 9.17) is 11.6 Å². The van der Waals surface area contributed by atoms with E-state index in [1.54, 1.807) is 0 Å². The highest BCUT2D eigenvalue weighted by atomic mass is 35.5. The van der Waals surface area contributed by atoms with Crippen LogP contribution in [-0.4, -0.2) is 46.7 Å². The van der Waals surface area contributed by atoms with Gasteiger partial charge in [-0.15, -0.1) is 0 Å². The molecule has 1 saturated heterocycles. The molecule has 0 spiro atoms. The van der Waals surface area contributed by atoms with E-state index >= 15 is 0 Å². The Kier molecular flexibility index (Phi) is 6.48. The van der Waals surface area contributed by atoms with Crippen LogP contribution >= 0.6 is 11.6 Å². The number of benzene rings is 2. The van der Waals surface area contributed by atoms with Gasteiger partial charge in [-0.25, -0.2) is 13.2 Å². The maximum Gasteiger partial charge on any atom is 0.352 e. The van der Waals surface area contributed by atoms with Crippen molar-refractivity contribution in [2.45, 2.75) is 31.0 Å². The Balaban J connectivity index is 1.85. The fourth-order valence-corrected chi connectivity index (χ4v) is 3.49. The molecular formula is C21H18ClF5N2O3. The maximum atomic E-state index is 14.9. The lowest BCUT2D eigenvalue weighted by Crippen LogP contribution is -2.56. The normalized spacial score (nSPS) is 21.4. The van der Waals surface area contributed by atoms with Gasteiger partial charge in [0, 0.05) is 17.8 Å². The van der Waals surface area contributed by atoms with Crippen LogP contribution in [0.1, 0.15) is 29.3 Å². The summed E-state index contributed by atoms with van der Waals surface area (Å²) in [6, 6.07) is 5.30. The van der Waals surface area contributed by atoms with E-state index in [-0.39, 0.29) is 23.7 Å². The van der Waals surface area contributed by atoms with Gasteiger partial charge in [-0.1, -0.05) is 11.6 Å². The minimum atomic E-state index is -4.40. The highest BCUT2D eigenvalue weighted by molar-refractivity contribution is 6.31. The molecule has 1 heterocycles. The minimum Gasteiger partial charge on any atom is -0.390 e. The molecule has 1 fully saturated rings. The Morgan fingerprint density at radius 3 is 2.47 bits per heavy atom. The standard InChI is InChI=1S/C21H18ClF5N2O3/c1-20(25)10-29(7-6-17(20)30)19(32)21(26,27)13-8-11(2-4-15(13)23)18(31)28-12-3-5-16(24)14(22)9-12/h2-5,8-9,17,30H,6-7,10H2,1H3,(H,28,31). The van der Waals surface area contributed by atoms with Gasteiger partial charge in [0.05, 0.1) is 23.2 Å². The number of anilines is 1. The van der Waals surface area contributed by atoms with Crippen molar-refractivity contribution >= 4 is 29.1 Å². The number of piperidine rings is 1. The second-order valence-electron chi connectivity index (χ2n) is 7.66. The van der Waals surface area contributed by atoms with Crippen LogP contribution in [0.25, 0.3) is 0 Å². The van der Waals surface area contributed by atoms with Crippen molar-refractivity contribution in [1.29, 1.82) is 0 Å². The SMILES string of the molecule is CC1(F)CN(C(=O)C(F)(F)c2cc(C(=O)Nc3ccc(F)c(Cl)c3)ccc2F)CCC1O. The zero-order valence-corrected chi connectivity index (χ0v) is 17.4. The van der Waals surface area contributed by atoms with Crippen LogP contribution in [0, 0.1) is 11.6 Å². The lowest BCUT2D eigenvalue weighted by molar-refractivity contribution is -0.167. The molecule has 1 aliphatic rings. The first kappa shape index (κ1) is 23.9. The number of hydrogen-bond acceptors (Lipinski definition) is 3. The van der Waals surface area contributed by atoms with E-state index in [2.05, 4.69) is 5.32 Å².